The SMILES string of the molecule is CNS(=O)(=O)c1ccc(C2(C(=O)Nc3nccs3)CC2C2CCCCC2)cc1. The Morgan fingerprint density at radius 2 is 1.89 bits per heavy atom. The highest BCUT2D eigenvalue weighted by Gasteiger charge is 2.63. The van der Waals surface area contributed by atoms with E-state index in [9.17, 15) is 13.2 Å². The number of nitrogens with zero attached hydrogens (tertiary/aromatic N) is 1. The average molecular weight is 420 g/mol. The lowest BCUT2D eigenvalue weighted by Gasteiger charge is -2.25. The number of carbonyl (C=O) groups excluding carboxylic acids is 1. The first kappa shape index (κ1) is 19.5. The molecule has 2 fully saturated rings. The quantitative estimate of drug-likeness (QED) is 0.750. The van der Waals surface area contributed by atoms with Gasteiger partial charge in [-0.1, -0.05) is 44.2 Å². The predicted octanol–water partition coefficient (Wildman–Crippen LogP) is 3.53. The second-order valence-electron chi connectivity index (χ2n) is 7.70. The zero-order valence-corrected chi connectivity index (χ0v) is 17.5. The number of thiazole rings is 1. The molecule has 2 unspecified atom stereocenters. The molecule has 0 aliphatic heterocycles. The molecule has 1 aromatic carbocycles. The number of nitrogens with one attached hydrogen (secondary N) is 2. The minimum absolute atomic E-state index is 0.0257. The fraction of sp³-hybridized carbons (Fsp3) is 0.500. The first-order chi connectivity index (χ1) is 13.5. The molecule has 1 aromatic heterocycles. The summed E-state index contributed by atoms with van der Waals surface area (Å²) in [5.74, 6) is 0.832. The number of aromatic nitrogens is 1. The van der Waals surface area contributed by atoms with Crippen LogP contribution >= 0.6 is 11.3 Å². The maximum atomic E-state index is 13.3. The summed E-state index contributed by atoms with van der Waals surface area (Å²) < 4.78 is 26.4. The number of anilines is 1. The number of sulfonamides is 1. The molecule has 1 heterocycles. The van der Waals surface area contributed by atoms with Crippen LogP contribution in [0.1, 0.15) is 44.1 Å². The summed E-state index contributed by atoms with van der Waals surface area (Å²) >= 11 is 1.41. The number of amides is 1. The first-order valence-electron chi connectivity index (χ1n) is 9.72. The van der Waals surface area contributed by atoms with Crippen LogP contribution in [0.5, 0.6) is 0 Å². The van der Waals surface area contributed by atoms with Crippen molar-refractivity contribution < 1.29 is 13.2 Å². The maximum Gasteiger partial charge on any atom is 0.240 e. The number of hydrogen-bond donors (Lipinski definition) is 2. The fourth-order valence-corrected chi connectivity index (χ4v) is 5.91. The van der Waals surface area contributed by atoms with Crippen molar-refractivity contribution in [2.24, 2.45) is 11.8 Å². The Hall–Kier alpha value is -1.77. The summed E-state index contributed by atoms with van der Waals surface area (Å²) in [6.45, 7) is 0. The van der Waals surface area contributed by atoms with Crippen LogP contribution in [-0.2, 0) is 20.2 Å². The highest BCUT2D eigenvalue weighted by Crippen LogP contribution is 2.61. The molecule has 8 heteroatoms. The van der Waals surface area contributed by atoms with Crippen LogP contribution in [0.2, 0.25) is 0 Å². The summed E-state index contributed by atoms with van der Waals surface area (Å²) in [5, 5.41) is 5.43. The lowest BCUT2D eigenvalue weighted by molar-refractivity contribution is -0.119. The molecule has 2 saturated carbocycles. The van der Waals surface area contributed by atoms with Crippen LogP contribution in [0.15, 0.2) is 40.7 Å². The highest BCUT2D eigenvalue weighted by atomic mass is 32.2. The van der Waals surface area contributed by atoms with Crippen molar-refractivity contribution >= 4 is 32.4 Å². The van der Waals surface area contributed by atoms with Crippen molar-refractivity contribution in [3.63, 3.8) is 0 Å². The topological polar surface area (TPSA) is 88.2 Å². The number of benzene rings is 1. The van der Waals surface area contributed by atoms with Gasteiger partial charge in [-0.15, -0.1) is 11.3 Å². The van der Waals surface area contributed by atoms with E-state index in [1.54, 1.807) is 30.5 Å². The smallest absolute Gasteiger partial charge is 0.240 e. The van der Waals surface area contributed by atoms with E-state index in [0.29, 0.717) is 17.0 Å². The van der Waals surface area contributed by atoms with Crippen LogP contribution in [0.3, 0.4) is 0 Å². The Bertz CT molecular complexity index is 936. The lowest BCUT2D eigenvalue weighted by atomic mass is 9.80. The van der Waals surface area contributed by atoms with E-state index < -0.39 is 15.4 Å². The summed E-state index contributed by atoms with van der Waals surface area (Å²) in [4.78, 5) is 17.7. The Balaban J connectivity index is 1.65. The van der Waals surface area contributed by atoms with Crippen molar-refractivity contribution in [2.45, 2.75) is 48.8 Å². The van der Waals surface area contributed by atoms with Gasteiger partial charge in [0.15, 0.2) is 5.13 Å². The zero-order valence-electron chi connectivity index (χ0n) is 15.8. The lowest BCUT2D eigenvalue weighted by Crippen LogP contribution is -2.32. The molecule has 28 heavy (non-hydrogen) atoms. The average Bonchev–Trinajstić information content (AvgIpc) is 3.29. The molecule has 1 amide bonds. The zero-order chi connectivity index (χ0) is 19.8. The summed E-state index contributed by atoms with van der Waals surface area (Å²) in [7, 11) is -2.10. The van der Waals surface area contributed by atoms with E-state index in [4.69, 9.17) is 0 Å². The molecule has 6 nitrogen and oxygen atoms in total. The Labute approximate surface area is 169 Å². The van der Waals surface area contributed by atoms with Crippen LogP contribution < -0.4 is 10.0 Å². The molecular weight excluding hydrogens is 394 g/mol. The van der Waals surface area contributed by atoms with Gasteiger partial charge in [0.1, 0.15) is 0 Å². The van der Waals surface area contributed by atoms with E-state index in [2.05, 4.69) is 15.0 Å². The van der Waals surface area contributed by atoms with Crippen LogP contribution in [0.25, 0.3) is 0 Å². The fourth-order valence-electron chi connectivity index (χ4n) is 4.66. The summed E-state index contributed by atoms with van der Waals surface area (Å²) in [6.07, 6.45) is 8.56. The minimum Gasteiger partial charge on any atom is -0.301 e. The molecule has 150 valence electrons. The van der Waals surface area contributed by atoms with Crippen molar-refractivity contribution in [2.75, 3.05) is 12.4 Å². The van der Waals surface area contributed by atoms with Gasteiger partial charge in [-0.3, -0.25) is 4.79 Å². The normalized spacial score (nSPS) is 25.4. The molecule has 0 spiro atoms. The van der Waals surface area contributed by atoms with Crippen molar-refractivity contribution in [3.05, 3.63) is 41.4 Å². The minimum atomic E-state index is -3.49. The third kappa shape index (κ3) is 3.49. The van der Waals surface area contributed by atoms with Gasteiger partial charge in [0.25, 0.3) is 0 Å². The highest BCUT2D eigenvalue weighted by molar-refractivity contribution is 7.89. The Morgan fingerprint density at radius 1 is 1.18 bits per heavy atom. The Kier molecular flexibility index (Phi) is 5.28. The van der Waals surface area contributed by atoms with Gasteiger partial charge in [-0.25, -0.2) is 18.1 Å². The van der Waals surface area contributed by atoms with Crippen molar-refractivity contribution in [1.29, 1.82) is 0 Å². The standard InChI is InChI=1S/C20H25N3O3S2/c1-21-28(25,26)16-9-7-15(8-10-16)20(18(24)23-19-22-11-12-27-19)13-17(20)14-5-3-2-4-6-14/h7-12,14,17,21H,2-6,13H2,1H3,(H,22,23,24). The van der Waals surface area contributed by atoms with Gasteiger partial charge in [0.2, 0.25) is 15.9 Å². The number of rotatable bonds is 6. The molecule has 2 aliphatic carbocycles. The van der Waals surface area contributed by atoms with Crippen LogP contribution in [0, 0.1) is 11.8 Å². The molecule has 0 saturated heterocycles. The third-order valence-electron chi connectivity index (χ3n) is 6.24. The largest absolute Gasteiger partial charge is 0.301 e. The monoisotopic (exact) mass is 419 g/mol. The number of hydrogen-bond acceptors (Lipinski definition) is 5. The molecule has 0 bridgehead atoms. The molecule has 2 aliphatic rings. The van der Waals surface area contributed by atoms with Crippen molar-refractivity contribution in [1.82, 2.24) is 9.71 Å². The number of carbonyl (C=O) groups is 1. The Morgan fingerprint density at radius 3 is 2.50 bits per heavy atom. The molecule has 4 rings (SSSR count). The molecule has 2 N–H and O–H groups in total. The van der Waals surface area contributed by atoms with Gasteiger partial charge >= 0.3 is 0 Å². The van der Waals surface area contributed by atoms with E-state index >= 15 is 0 Å². The van der Waals surface area contributed by atoms with Gasteiger partial charge in [0, 0.05) is 11.6 Å². The third-order valence-corrected chi connectivity index (χ3v) is 8.36. The van der Waals surface area contributed by atoms with Crippen LogP contribution in [0.4, 0.5) is 5.13 Å². The van der Waals surface area contributed by atoms with E-state index in [1.807, 2.05) is 5.38 Å². The van der Waals surface area contributed by atoms with Crippen molar-refractivity contribution in [3.8, 4) is 0 Å². The maximum absolute atomic E-state index is 13.3. The van der Waals surface area contributed by atoms with Gasteiger partial charge in [-0.2, -0.15) is 0 Å². The molecule has 2 aromatic rings. The second kappa shape index (κ2) is 7.57. The predicted molar refractivity (Wildman–Crippen MR) is 110 cm³/mol. The molecule has 2 atom stereocenters. The second-order valence-corrected chi connectivity index (χ2v) is 10.5. The van der Waals surface area contributed by atoms with Gasteiger partial charge < -0.3 is 5.32 Å². The van der Waals surface area contributed by atoms with E-state index in [-0.39, 0.29) is 10.8 Å². The summed E-state index contributed by atoms with van der Waals surface area (Å²) in [6, 6.07) is 6.79. The summed E-state index contributed by atoms with van der Waals surface area (Å²) in [5.41, 5.74) is 0.308. The molecule has 0 radical (unpaired) electrons. The van der Waals surface area contributed by atoms with E-state index in [0.717, 1.165) is 12.0 Å². The van der Waals surface area contributed by atoms with Crippen LogP contribution in [-0.4, -0.2) is 26.4 Å². The molecular formula is C20H25N3O3S2. The van der Waals surface area contributed by atoms with Gasteiger partial charge in [0.05, 0.1) is 10.3 Å². The van der Waals surface area contributed by atoms with Gasteiger partial charge in [-0.05, 0) is 43.0 Å². The first-order valence-corrected chi connectivity index (χ1v) is 12.1. The van der Waals surface area contributed by atoms with E-state index in [1.165, 1.54) is 50.5 Å².